The highest BCUT2D eigenvalue weighted by molar-refractivity contribution is 5.67. The van der Waals surface area contributed by atoms with Crippen LogP contribution in [0.3, 0.4) is 0 Å². The normalized spacial score (nSPS) is 19.5. The highest BCUT2D eigenvalue weighted by Crippen LogP contribution is 2.40. The molecule has 1 aromatic rings. The van der Waals surface area contributed by atoms with Crippen LogP contribution in [0.4, 0.5) is 23.7 Å². The van der Waals surface area contributed by atoms with E-state index >= 15 is 0 Å². The number of alkyl carbamates (subject to hydrolysis) is 1. The second-order valence-electron chi connectivity index (χ2n) is 8.90. The van der Waals surface area contributed by atoms with Gasteiger partial charge in [-0.25, -0.2) is 4.79 Å². The van der Waals surface area contributed by atoms with E-state index in [9.17, 15) is 18.0 Å². The number of nitrogens with one attached hydrogen (secondary N) is 3. The predicted molar refractivity (Wildman–Crippen MR) is 117 cm³/mol. The Morgan fingerprint density at radius 2 is 2.00 bits per heavy atom. The van der Waals surface area contributed by atoms with E-state index in [-0.39, 0.29) is 17.8 Å². The molecule has 0 bridgehead atoms. The molecular formula is C23H36F3N3O2. The topological polar surface area (TPSA) is 62.4 Å². The Morgan fingerprint density at radius 3 is 2.68 bits per heavy atom. The van der Waals surface area contributed by atoms with E-state index in [0.29, 0.717) is 19.2 Å². The number of ether oxygens (including phenoxy) is 1. The third-order valence-electron chi connectivity index (χ3n) is 5.84. The lowest BCUT2D eigenvalue weighted by Crippen LogP contribution is -2.31. The van der Waals surface area contributed by atoms with Crippen molar-refractivity contribution in [3.63, 3.8) is 0 Å². The average molecular weight is 444 g/mol. The first-order valence-corrected chi connectivity index (χ1v) is 11.2. The third-order valence-corrected chi connectivity index (χ3v) is 5.84. The van der Waals surface area contributed by atoms with Gasteiger partial charge in [0.1, 0.15) is 0 Å². The Kier molecular flexibility index (Phi) is 9.47. The van der Waals surface area contributed by atoms with E-state index in [0.717, 1.165) is 49.7 Å². The minimum absolute atomic E-state index is 0.0365. The first kappa shape index (κ1) is 25.3. The van der Waals surface area contributed by atoms with Crippen LogP contribution < -0.4 is 16.0 Å². The first-order valence-electron chi connectivity index (χ1n) is 11.2. The van der Waals surface area contributed by atoms with Gasteiger partial charge in [0.25, 0.3) is 0 Å². The number of alkyl halides is 3. The van der Waals surface area contributed by atoms with Gasteiger partial charge < -0.3 is 20.7 Å². The van der Waals surface area contributed by atoms with Crippen LogP contribution in [0.5, 0.6) is 0 Å². The van der Waals surface area contributed by atoms with Crippen LogP contribution in [-0.2, 0) is 10.9 Å². The maximum absolute atomic E-state index is 13.1. The van der Waals surface area contributed by atoms with Crippen molar-refractivity contribution in [1.29, 1.82) is 0 Å². The molecule has 0 saturated carbocycles. The summed E-state index contributed by atoms with van der Waals surface area (Å²) in [4.78, 5) is 11.8. The van der Waals surface area contributed by atoms with Crippen LogP contribution in [0.25, 0.3) is 0 Å². The minimum atomic E-state index is -4.33. The molecule has 0 radical (unpaired) electrons. The van der Waals surface area contributed by atoms with Crippen LogP contribution >= 0.6 is 0 Å². The molecule has 3 N–H and O–H groups in total. The van der Waals surface area contributed by atoms with Gasteiger partial charge in [-0.3, -0.25) is 0 Å². The van der Waals surface area contributed by atoms with Gasteiger partial charge in [-0.1, -0.05) is 27.7 Å². The fourth-order valence-electron chi connectivity index (χ4n) is 3.82. The number of carbonyl (C=O) groups is 1. The van der Waals surface area contributed by atoms with E-state index in [1.807, 2.05) is 13.8 Å². The highest BCUT2D eigenvalue weighted by atomic mass is 19.4. The summed E-state index contributed by atoms with van der Waals surface area (Å²) < 4.78 is 44.5. The number of halogens is 3. The molecule has 176 valence electrons. The van der Waals surface area contributed by atoms with Gasteiger partial charge in [-0.15, -0.1) is 0 Å². The number of amides is 1. The van der Waals surface area contributed by atoms with Crippen molar-refractivity contribution in [2.24, 2.45) is 11.8 Å². The van der Waals surface area contributed by atoms with Crippen molar-refractivity contribution in [1.82, 2.24) is 10.6 Å². The largest absolute Gasteiger partial charge is 0.449 e. The molecule has 3 unspecified atom stereocenters. The minimum Gasteiger partial charge on any atom is -0.449 e. The van der Waals surface area contributed by atoms with E-state index in [1.54, 1.807) is 0 Å². The van der Waals surface area contributed by atoms with Gasteiger partial charge in [-0.05, 0) is 67.3 Å². The zero-order valence-electron chi connectivity index (χ0n) is 18.9. The summed E-state index contributed by atoms with van der Waals surface area (Å²) in [6.07, 6.45) is -2.20. The predicted octanol–water partition coefficient (Wildman–Crippen LogP) is 5.38. The molecule has 8 heteroatoms. The smallest absolute Gasteiger partial charge is 0.416 e. The Hall–Kier alpha value is -1.96. The van der Waals surface area contributed by atoms with Crippen molar-refractivity contribution in [2.75, 3.05) is 31.6 Å². The molecule has 3 atom stereocenters. The average Bonchev–Trinajstić information content (AvgIpc) is 2.70. The molecule has 0 fully saturated rings. The number of rotatable bonds is 10. The van der Waals surface area contributed by atoms with Crippen LogP contribution in [0.1, 0.15) is 64.0 Å². The third kappa shape index (κ3) is 8.24. The Balaban J connectivity index is 1.72. The van der Waals surface area contributed by atoms with Crippen LogP contribution in [0.2, 0.25) is 0 Å². The van der Waals surface area contributed by atoms with Crippen molar-refractivity contribution in [2.45, 2.75) is 65.1 Å². The molecule has 0 spiro atoms. The molecule has 2 rings (SSSR count). The Morgan fingerprint density at radius 1 is 1.26 bits per heavy atom. The molecular weight excluding hydrogens is 407 g/mol. The monoisotopic (exact) mass is 443 g/mol. The summed E-state index contributed by atoms with van der Waals surface area (Å²) >= 11 is 0. The van der Waals surface area contributed by atoms with Gasteiger partial charge in [0.05, 0.1) is 12.2 Å². The van der Waals surface area contributed by atoms with Gasteiger partial charge in [-0.2, -0.15) is 13.2 Å². The van der Waals surface area contributed by atoms with Crippen molar-refractivity contribution in [3.05, 3.63) is 29.3 Å². The number of carbonyl (C=O) groups excluding carboxylic acids is 1. The lowest BCUT2D eigenvalue weighted by molar-refractivity contribution is -0.137. The molecule has 5 nitrogen and oxygen atoms in total. The summed E-state index contributed by atoms with van der Waals surface area (Å²) in [6.45, 7) is 10.6. The molecule has 1 amide bonds. The lowest BCUT2D eigenvalue weighted by atomic mass is 9.79. The summed E-state index contributed by atoms with van der Waals surface area (Å²) in [5, 5.41) is 9.30. The van der Waals surface area contributed by atoms with Gasteiger partial charge in [0.2, 0.25) is 0 Å². The van der Waals surface area contributed by atoms with Crippen LogP contribution in [0, 0.1) is 11.8 Å². The van der Waals surface area contributed by atoms with Crippen molar-refractivity contribution < 1.29 is 22.7 Å². The second kappa shape index (κ2) is 11.6. The van der Waals surface area contributed by atoms with Gasteiger partial charge in [0.15, 0.2) is 0 Å². The lowest BCUT2D eigenvalue weighted by Gasteiger charge is -2.33. The number of benzene rings is 1. The summed E-state index contributed by atoms with van der Waals surface area (Å²) in [5.74, 6) is 0.457. The number of fused-ring (bicyclic) bond motifs is 1. The molecule has 0 aromatic heterocycles. The van der Waals surface area contributed by atoms with Gasteiger partial charge >= 0.3 is 12.3 Å². The van der Waals surface area contributed by atoms with Crippen molar-refractivity contribution in [3.8, 4) is 0 Å². The maximum atomic E-state index is 13.1. The van der Waals surface area contributed by atoms with Gasteiger partial charge in [0, 0.05) is 24.8 Å². The first-order chi connectivity index (χ1) is 14.6. The van der Waals surface area contributed by atoms with Crippen molar-refractivity contribution >= 4 is 11.8 Å². The van der Waals surface area contributed by atoms with Crippen LogP contribution in [0.15, 0.2) is 18.2 Å². The SMILES string of the molecule is CC(CCC1CNc2ccc(C(F)(F)F)cc2C1C)COC(=O)NCCCNC(C)C. The fraction of sp³-hybridized carbons (Fsp3) is 0.696. The van der Waals surface area contributed by atoms with E-state index in [4.69, 9.17) is 4.74 Å². The summed E-state index contributed by atoms with van der Waals surface area (Å²) in [7, 11) is 0. The molecule has 1 aromatic carbocycles. The molecule has 1 aliphatic rings. The van der Waals surface area contributed by atoms with Crippen LogP contribution in [-0.4, -0.2) is 38.4 Å². The molecule has 0 saturated heterocycles. The molecule has 1 aliphatic heterocycles. The number of hydrogen-bond acceptors (Lipinski definition) is 4. The Labute approximate surface area is 183 Å². The molecule has 1 heterocycles. The van der Waals surface area contributed by atoms with E-state index < -0.39 is 17.8 Å². The molecule has 31 heavy (non-hydrogen) atoms. The zero-order chi connectivity index (χ0) is 23.0. The van der Waals surface area contributed by atoms with E-state index in [1.165, 1.54) is 12.1 Å². The number of anilines is 1. The summed E-state index contributed by atoms with van der Waals surface area (Å²) in [6, 6.07) is 4.35. The van der Waals surface area contributed by atoms with E-state index in [2.05, 4.69) is 29.8 Å². The fourth-order valence-corrected chi connectivity index (χ4v) is 3.82. The number of hydrogen-bond donors (Lipinski definition) is 3. The zero-order valence-corrected chi connectivity index (χ0v) is 18.9. The standard InChI is InChI=1S/C23H36F3N3O2/c1-15(2)27-10-5-11-28-22(30)31-14-16(3)6-7-18-13-29-21-9-8-19(23(24,25)26)12-20(21)17(18)4/h8-9,12,15-18,27,29H,5-7,10-11,13-14H2,1-4H3,(H,28,30). The quantitative estimate of drug-likeness (QED) is 0.425. The maximum Gasteiger partial charge on any atom is 0.416 e. The summed E-state index contributed by atoms with van der Waals surface area (Å²) in [5.41, 5.74) is 0.906. The Bertz CT molecular complexity index is 710. The highest BCUT2D eigenvalue weighted by Gasteiger charge is 2.33. The second-order valence-corrected chi connectivity index (χ2v) is 8.90. The molecule has 0 aliphatic carbocycles.